The summed E-state index contributed by atoms with van der Waals surface area (Å²) in [4.78, 5) is 35.8. The lowest BCUT2D eigenvalue weighted by Crippen LogP contribution is -2.51. The standard InChI is InChI=1S/C20H29N5O4/c1-4-29-12-14-7-9-15(10-8-14)24-18(26)16(6-5-11-23-20(22)28)25-19(27)17(21)13(2)3/h1,7-10,13,16-17H,5-6,11-12,21H2,2-3H3,(H,24,26)(H,25,27)(H3,22,23,28)/t16-,17?/m1/s1. The van der Waals surface area contributed by atoms with Crippen LogP contribution in [0.2, 0.25) is 0 Å². The number of benzene rings is 1. The van der Waals surface area contributed by atoms with Gasteiger partial charge in [-0.25, -0.2) is 4.79 Å². The fraction of sp³-hybridized carbons (Fsp3) is 0.450. The predicted molar refractivity (Wildman–Crippen MR) is 110 cm³/mol. The van der Waals surface area contributed by atoms with Crippen LogP contribution >= 0.6 is 0 Å². The first-order valence-corrected chi connectivity index (χ1v) is 9.31. The van der Waals surface area contributed by atoms with Gasteiger partial charge in [0.2, 0.25) is 11.8 Å². The van der Waals surface area contributed by atoms with Crippen LogP contribution in [0, 0.1) is 18.4 Å². The van der Waals surface area contributed by atoms with E-state index in [1.54, 1.807) is 24.3 Å². The number of amides is 4. The lowest BCUT2D eigenvalue weighted by molar-refractivity contribution is -0.128. The van der Waals surface area contributed by atoms with Gasteiger partial charge in [-0.05, 0) is 36.5 Å². The summed E-state index contributed by atoms with van der Waals surface area (Å²) < 4.78 is 4.88. The van der Waals surface area contributed by atoms with Crippen LogP contribution in [0.15, 0.2) is 24.3 Å². The lowest BCUT2D eigenvalue weighted by Gasteiger charge is -2.22. The Bertz CT molecular complexity index is 727. The molecule has 1 aromatic carbocycles. The summed E-state index contributed by atoms with van der Waals surface area (Å²) in [5.41, 5.74) is 12.3. The SMILES string of the molecule is C#COCc1ccc(NC(=O)[C@@H](CCCNC(N)=O)NC(=O)C(N)C(C)C)cc1. The Morgan fingerprint density at radius 3 is 2.38 bits per heavy atom. The van der Waals surface area contributed by atoms with Crippen LogP contribution in [0.1, 0.15) is 32.3 Å². The van der Waals surface area contributed by atoms with Gasteiger partial charge in [0.25, 0.3) is 0 Å². The molecule has 29 heavy (non-hydrogen) atoms. The summed E-state index contributed by atoms with van der Waals surface area (Å²) >= 11 is 0. The maximum atomic E-state index is 12.7. The molecule has 0 aromatic heterocycles. The van der Waals surface area contributed by atoms with E-state index in [1.165, 1.54) is 0 Å². The molecule has 9 heteroatoms. The number of nitrogens with two attached hydrogens (primary N) is 2. The monoisotopic (exact) mass is 403 g/mol. The summed E-state index contributed by atoms with van der Waals surface area (Å²) in [6.45, 7) is 4.20. The fourth-order valence-corrected chi connectivity index (χ4v) is 2.40. The first-order valence-electron chi connectivity index (χ1n) is 9.31. The molecule has 0 spiro atoms. The Balaban J connectivity index is 2.75. The summed E-state index contributed by atoms with van der Waals surface area (Å²) in [7, 11) is 0. The van der Waals surface area contributed by atoms with E-state index in [-0.39, 0.29) is 25.0 Å². The molecular weight excluding hydrogens is 374 g/mol. The number of hydrogen-bond donors (Lipinski definition) is 5. The maximum absolute atomic E-state index is 12.7. The zero-order valence-electron chi connectivity index (χ0n) is 16.7. The van der Waals surface area contributed by atoms with Crippen LogP contribution < -0.4 is 27.4 Å². The zero-order valence-corrected chi connectivity index (χ0v) is 16.7. The number of rotatable bonds is 11. The Hall–Kier alpha value is -3.25. The summed E-state index contributed by atoms with van der Waals surface area (Å²) in [6, 6.07) is 4.76. The number of primary amides is 1. The number of urea groups is 1. The van der Waals surface area contributed by atoms with Crippen molar-refractivity contribution in [2.45, 2.75) is 45.4 Å². The summed E-state index contributed by atoms with van der Waals surface area (Å²) in [5, 5.41) is 7.90. The number of carbonyl (C=O) groups excluding carboxylic acids is 3. The average molecular weight is 403 g/mol. The molecule has 1 rings (SSSR count). The molecule has 1 aromatic rings. The van der Waals surface area contributed by atoms with Crippen LogP contribution in [0.4, 0.5) is 10.5 Å². The van der Waals surface area contributed by atoms with E-state index >= 15 is 0 Å². The van der Waals surface area contributed by atoms with Gasteiger partial charge in [-0.2, -0.15) is 0 Å². The highest BCUT2D eigenvalue weighted by Gasteiger charge is 2.25. The number of terminal acetylenes is 1. The number of anilines is 1. The molecule has 0 aliphatic carbocycles. The second-order valence-electron chi connectivity index (χ2n) is 6.86. The van der Waals surface area contributed by atoms with Gasteiger partial charge in [0, 0.05) is 12.2 Å². The third kappa shape index (κ3) is 8.99. The van der Waals surface area contributed by atoms with Crippen LogP contribution in [-0.2, 0) is 20.9 Å². The van der Waals surface area contributed by atoms with Crippen molar-refractivity contribution in [1.82, 2.24) is 10.6 Å². The average Bonchev–Trinajstić information content (AvgIpc) is 2.68. The Kier molecular flexibility index (Phi) is 10.1. The molecule has 7 N–H and O–H groups in total. The number of ether oxygens (including phenoxy) is 1. The van der Waals surface area contributed by atoms with E-state index in [9.17, 15) is 14.4 Å². The minimum absolute atomic E-state index is 0.0759. The normalized spacial score (nSPS) is 12.4. The third-order valence-electron chi connectivity index (χ3n) is 4.17. The van der Waals surface area contributed by atoms with Crippen molar-refractivity contribution in [3.05, 3.63) is 29.8 Å². The van der Waals surface area contributed by atoms with Gasteiger partial charge < -0.3 is 32.2 Å². The second kappa shape index (κ2) is 12.3. The number of nitrogens with one attached hydrogen (secondary N) is 3. The largest absolute Gasteiger partial charge is 0.442 e. The Labute approximate surface area is 170 Å². The van der Waals surface area contributed by atoms with Crippen LogP contribution in [-0.4, -0.2) is 36.5 Å². The van der Waals surface area contributed by atoms with Crippen molar-refractivity contribution in [3.63, 3.8) is 0 Å². The molecule has 9 nitrogen and oxygen atoms in total. The molecule has 0 fully saturated rings. The van der Waals surface area contributed by atoms with Crippen molar-refractivity contribution >= 4 is 23.5 Å². The molecule has 0 saturated carbocycles. The van der Waals surface area contributed by atoms with Crippen molar-refractivity contribution in [3.8, 4) is 12.5 Å². The summed E-state index contributed by atoms with van der Waals surface area (Å²) in [5.74, 6) is -0.876. The topological polar surface area (TPSA) is 149 Å². The minimum atomic E-state index is -0.813. The van der Waals surface area contributed by atoms with Gasteiger partial charge in [0.1, 0.15) is 18.8 Å². The quantitative estimate of drug-likeness (QED) is 0.272. The molecular formula is C20H29N5O4. The highest BCUT2D eigenvalue weighted by atomic mass is 16.5. The van der Waals surface area contributed by atoms with Gasteiger partial charge in [-0.15, -0.1) is 0 Å². The van der Waals surface area contributed by atoms with Crippen molar-refractivity contribution in [1.29, 1.82) is 0 Å². The van der Waals surface area contributed by atoms with Crippen molar-refractivity contribution < 1.29 is 19.1 Å². The molecule has 0 saturated heterocycles. The number of hydrogen-bond acceptors (Lipinski definition) is 5. The third-order valence-corrected chi connectivity index (χ3v) is 4.17. The molecule has 0 aliphatic heterocycles. The fourth-order valence-electron chi connectivity index (χ4n) is 2.40. The first kappa shape index (κ1) is 23.8. The van der Waals surface area contributed by atoms with Crippen molar-refractivity contribution in [2.24, 2.45) is 17.4 Å². The van der Waals surface area contributed by atoms with Gasteiger partial charge in [-0.1, -0.05) is 32.4 Å². The van der Waals surface area contributed by atoms with E-state index < -0.39 is 24.0 Å². The lowest BCUT2D eigenvalue weighted by atomic mass is 10.0. The van der Waals surface area contributed by atoms with E-state index in [1.807, 2.05) is 13.8 Å². The second-order valence-corrected chi connectivity index (χ2v) is 6.86. The van der Waals surface area contributed by atoms with Gasteiger partial charge >= 0.3 is 6.03 Å². The van der Waals surface area contributed by atoms with Crippen molar-refractivity contribution in [2.75, 3.05) is 11.9 Å². The van der Waals surface area contributed by atoms with Crippen LogP contribution in [0.3, 0.4) is 0 Å². The molecule has 1 unspecified atom stereocenters. The van der Waals surface area contributed by atoms with Gasteiger partial charge in [0.05, 0.1) is 6.04 Å². The molecule has 4 amide bonds. The van der Waals surface area contributed by atoms with Crippen LogP contribution in [0.5, 0.6) is 0 Å². The molecule has 0 heterocycles. The predicted octanol–water partition coefficient (Wildman–Crippen LogP) is 0.649. The highest BCUT2D eigenvalue weighted by Crippen LogP contribution is 2.12. The van der Waals surface area contributed by atoms with E-state index in [2.05, 4.69) is 22.1 Å². The Morgan fingerprint density at radius 2 is 1.83 bits per heavy atom. The minimum Gasteiger partial charge on any atom is -0.442 e. The van der Waals surface area contributed by atoms with Crippen LogP contribution in [0.25, 0.3) is 0 Å². The Morgan fingerprint density at radius 1 is 1.17 bits per heavy atom. The van der Waals surface area contributed by atoms with E-state index in [0.717, 1.165) is 5.56 Å². The molecule has 2 atom stereocenters. The smallest absolute Gasteiger partial charge is 0.312 e. The molecule has 0 bridgehead atoms. The first-order chi connectivity index (χ1) is 13.7. The van der Waals surface area contributed by atoms with E-state index in [4.69, 9.17) is 22.6 Å². The highest BCUT2D eigenvalue weighted by molar-refractivity contribution is 5.97. The molecule has 0 aliphatic rings. The maximum Gasteiger partial charge on any atom is 0.312 e. The van der Waals surface area contributed by atoms with Gasteiger partial charge in [0.15, 0.2) is 0 Å². The number of carbonyl (C=O) groups is 3. The molecule has 0 radical (unpaired) electrons. The molecule has 158 valence electrons. The van der Waals surface area contributed by atoms with Gasteiger partial charge in [-0.3, -0.25) is 9.59 Å². The zero-order chi connectivity index (χ0) is 21.8. The summed E-state index contributed by atoms with van der Waals surface area (Å²) in [6.07, 6.45) is 7.89. The van der Waals surface area contributed by atoms with E-state index in [0.29, 0.717) is 18.5 Å².